The number of rotatable bonds is 4. The van der Waals surface area contributed by atoms with Crippen molar-refractivity contribution in [3.63, 3.8) is 0 Å². The molecule has 1 aromatic carbocycles. The number of benzene rings is 1. The van der Waals surface area contributed by atoms with Crippen LogP contribution in [0.25, 0.3) is 0 Å². The quantitative estimate of drug-likeness (QED) is 0.856. The lowest BCUT2D eigenvalue weighted by Gasteiger charge is -2.32. The fourth-order valence-corrected chi connectivity index (χ4v) is 2.10. The van der Waals surface area contributed by atoms with Crippen molar-refractivity contribution in [2.75, 3.05) is 5.32 Å². The zero-order valence-electron chi connectivity index (χ0n) is 13.5. The van der Waals surface area contributed by atoms with E-state index in [1.165, 1.54) is 0 Å². The molecule has 4 heteroatoms. The van der Waals surface area contributed by atoms with Crippen LogP contribution in [0.5, 0.6) is 0 Å². The first-order valence-electron chi connectivity index (χ1n) is 7.47. The van der Waals surface area contributed by atoms with Crippen LogP contribution >= 0.6 is 0 Å². The van der Waals surface area contributed by atoms with Crippen LogP contribution in [0, 0.1) is 0 Å². The van der Waals surface area contributed by atoms with E-state index < -0.39 is 0 Å². The van der Waals surface area contributed by atoms with Gasteiger partial charge in [0.05, 0.1) is 11.2 Å². The van der Waals surface area contributed by atoms with E-state index in [9.17, 15) is 0 Å². The smallest absolute Gasteiger partial charge is 0.399 e. The third-order valence-corrected chi connectivity index (χ3v) is 4.46. The summed E-state index contributed by atoms with van der Waals surface area (Å²) in [7, 11) is -0.280. The van der Waals surface area contributed by atoms with Gasteiger partial charge in [0.15, 0.2) is 0 Å². The largest absolute Gasteiger partial charge is 0.494 e. The van der Waals surface area contributed by atoms with Gasteiger partial charge < -0.3 is 14.6 Å². The maximum atomic E-state index is 6.05. The summed E-state index contributed by atoms with van der Waals surface area (Å²) in [5, 5.41) is 3.46. The molecule has 1 heterocycles. The van der Waals surface area contributed by atoms with Crippen LogP contribution in [0.15, 0.2) is 24.3 Å². The standard InChI is InChI=1S/C16H26BNO2/c1-7-12(2)18-14-10-8-13(9-11-14)17-19-15(3,4)16(5,6)20-17/h8-12,18H,7H2,1-6H3. The van der Waals surface area contributed by atoms with Gasteiger partial charge in [0, 0.05) is 11.7 Å². The van der Waals surface area contributed by atoms with E-state index in [1.54, 1.807) is 0 Å². The van der Waals surface area contributed by atoms with Crippen molar-refractivity contribution >= 4 is 18.3 Å². The third kappa shape index (κ3) is 3.02. The molecular weight excluding hydrogens is 249 g/mol. The minimum absolute atomic E-state index is 0.280. The Labute approximate surface area is 123 Å². The molecule has 1 aromatic rings. The fraction of sp³-hybridized carbons (Fsp3) is 0.625. The van der Waals surface area contributed by atoms with Gasteiger partial charge in [0.2, 0.25) is 0 Å². The van der Waals surface area contributed by atoms with Crippen molar-refractivity contribution in [1.29, 1.82) is 0 Å². The van der Waals surface area contributed by atoms with Crippen LogP contribution in [-0.4, -0.2) is 24.4 Å². The Hall–Kier alpha value is -0.995. The van der Waals surface area contributed by atoms with E-state index in [0.717, 1.165) is 17.6 Å². The highest BCUT2D eigenvalue weighted by Gasteiger charge is 2.51. The molecule has 0 radical (unpaired) electrons. The normalized spacial score (nSPS) is 21.8. The molecule has 1 unspecified atom stereocenters. The zero-order valence-corrected chi connectivity index (χ0v) is 13.5. The second-order valence-electron chi connectivity index (χ2n) is 6.66. The molecule has 2 rings (SSSR count). The number of hydrogen-bond acceptors (Lipinski definition) is 3. The van der Waals surface area contributed by atoms with E-state index in [1.807, 2.05) is 0 Å². The predicted molar refractivity (Wildman–Crippen MR) is 85.5 cm³/mol. The van der Waals surface area contributed by atoms with Crippen molar-refractivity contribution < 1.29 is 9.31 Å². The van der Waals surface area contributed by atoms with Crippen LogP contribution < -0.4 is 10.8 Å². The number of hydrogen-bond donors (Lipinski definition) is 1. The molecule has 0 saturated carbocycles. The molecule has 3 nitrogen and oxygen atoms in total. The Morgan fingerprint density at radius 3 is 2.00 bits per heavy atom. The minimum Gasteiger partial charge on any atom is -0.399 e. The molecular formula is C16H26BNO2. The van der Waals surface area contributed by atoms with Gasteiger partial charge in [0.1, 0.15) is 0 Å². The number of anilines is 1. The maximum Gasteiger partial charge on any atom is 0.494 e. The van der Waals surface area contributed by atoms with E-state index >= 15 is 0 Å². The van der Waals surface area contributed by atoms with Gasteiger partial charge >= 0.3 is 7.12 Å². The number of nitrogens with one attached hydrogen (secondary N) is 1. The third-order valence-electron chi connectivity index (χ3n) is 4.46. The SMILES string of the molecule is CCC(C)Nc1ccc(B2OC(C)(C)C(C)(C)O2)cc1. The van der Waals surface area contributed by atoms with Crippen LogP contribution in [0.1, 0.15) is 48.0 Å². The molecule has 0 aliphatic carbocycles. The van der Waals surface area contributed by atoms with E-state index in [-0.39, 0.29) is 18.3 Å². The van der Waals surface area contributed by atoms with Crippen molar-refractivity contribution in [2.45, 2.75) is 65.2 Å². The summed E-state index contributed by atoms with van der Waals surface area (Å²) < 4.78 is 12.1. The van der Waals surface area contributed by atoms with Gasteiger partial charge in [-0.15, -0.1) is 0 Å². The van der Waals surface area contributed by atoms with Crippen LogP contribution in [0.2, 0.25) is 0 Å². The molecule has 0 aromatic heterocycles. The van der Waals surface area contributed by atoms with Crippen molar-refractivity contribution in [3.05, 3.63) is 24.3 Å². The summed E-state index contributed by atoms with van der Waals surface area (Å²) in [5.41, 5.74) is 1.63. The lowest BCUT2D eigenvalue weighted by molar-refractivity contribution is 0.00578. The lowest BCUT2D eigenvalue weighted by atomic mass is 9.79. The lowest BCUT2D eigenvalue weighted by Crippen LogP contribution is -2.41. The predicted octanol–water partition coefficient (Wildman–Crippen LogP) is 3.20. The molecule has 0 spiro atoms. The Bertz CT molecular complexity index is 440. The van der Waals surface area contributed by atoms with Gasteiger partial charge in [-0.05, 0) is 58.6 Å². The highest BCUT2D eigenvalue weighted by atomic mass is 16.7. The second kappa shape index (κ2) is 5.42. The van der Waals surface area contributed by atoms with Crippen molar-refractivity contribution in [1.82, 2.24) is 0 Å². The highest BCUT2D eigenvalue weighted by molar-refractivity contribution is 6.62. The molecule has 1 saturated heterocycles. The summed E-state index contributed by atoms with van der Waals surface area (Å²) in [6.45, 7) is 12.7. The van der Waals surface area contributed by atoms with Gasteiger partial charge in [-0.3, -0.25) is 0 Å². The molecule has 110 valence electrons. The van der Waals surface area contributed by atoms with Crippen LogP contribution in [0.4, 0.5) is 5.69 Å². The summed E-state index contributed by atoms with van der Waals surface area (Å²) in [6.07, 6.45) is 1.11. The summed E-state index contributed by atoms with van der Waals surface area (Å²) in [4.78, 5) is 0. The van der Waals surface area contributed by atoms with Gasteiger partial charge in [-0.1, -0.05) is 19.1 Å². The summed E-state index contributed by atoms with van der Waals surface area (Å²) >= 11 is 0. The van der Waals surface area contributed by atoms with Crippen molar-refractivity contribution in [3.8, 4) is 0 Å². The van der Waals surface area contributed by atoms with Gasteiger partial charge in [0.25, 0.3) is 0 Å². The topological polar surface area (TPSA) is 30.5 Å². The average molecular weight is 275 g/mol. The van der Waals surface area contributed by atoms with Gasteiger partial charge in [-0.2, -0.15) is 0 Å². The maximum absolute atomic E-state index is 6.05. The molecule has 0 bridgehead atoms. The first-order valence-corrected chi connectivity index (χ1v) is 7.47. The molecule has 0 amide bonds. The average Bonchev–Trinajstić information content (AvgIpc) is 2.59. The zero-order chi connectivity index (χ0) is 15.0. The first-order chi connectivity index (χ1) is 9.25. The molecule has 1 N–H and O–H groups in total. The second-order valence-corrected chi connectivity index (χ2v) is 6.66. The van der Waals surface area contributed by atoms with E-state index in [2.05, 4.69) is 71.1 Å². The Kier molecular flexibility index (Phi) is 4.17. The Morgan fingerprint density at radius 1 is 1.05 bits per heavy atom. The fourth-order valence-electron chi connectivity index (χ4n) is 2.10. The minimum atomic E-state index is -0.286. The summed E-state index contributed by atoms with van der Waals surface area (Å²) in [6, 6.07) is 8.82. The first kappa shape index (κ1) is 15.4. The molecule has 1 aliphatic heterocycles. The summed E-state index contributed by atoms with van der Waals surface area (Å²) in [5.74, 6) is 0. The molecule has 1 atom stereocenters. The van der Waals surface area contributed by atoms with Crippen LogP contribution in [0.3, 0.4) is 0 Å². The highest BCUT2D eigenvalue weighted by Crippen LogP contribution is 2.36. The Morgan fingerprint density at radius 2 is 1.55 bits per heavy atom. The van der Waals surface area contributed by atoms with Crippen LogP contribution in [-0.2, 0) is 9.31 Å². The Balaban J connectivity index is 2.08. The monoisotopic (exact) mass is 275 g/mol. The molecule has 20 heavy (non-hydrogen) atoms. The van der Waals surface area contributed by atoms with E-state index in [0.29, 0.717) is 6.04 Å². The molecule has 1 aliphatic rings. The molecule has 1 fully saturated rings. The van der Waals surface area contributed by atoms with Crippen molar-refractivity contribution in [2.24, 2.45) is 0 Å². The van der Waals surface area contributed by atoms with E-state index in [4.69, 9.17) is 9.31 Å². The van der Waals surface area contributed by atoms with Gasteiger partial charge in [-0.25, -0.2) is 0 Å².